The van der Waals surface area contributed by atoms with Gasteiger partial charge in [0, 0.05) is 23.8 Å². The van der Waals surface area contributed by atoms with Crippen molar-refractivity contribution in [2.24, 2.45) is 21.2 Å². The third-order valence-electron chi connectivity index (χ3n) is 8.49. The molecular weight excluding hydrogens is 729 g/mol. The number of hydrazone groups is 1. The van der Waals surface area contributed by atoms with E-state index in [1.807, 2.05) is 91.0 Å². The summed E-state index contributed by atoms with van der Waals surface area (Å²) in [6.45, 7) is 4.92. The van der Waals surface area contributed by atoms with Crippen LogP contribution in [-0.2, 0) is 22.4 Å². The first kappa shape index (κ1) is 40.0. The highest BCUT2D eigenvalue weighted by Gasteiger charge is 2.47. The van der Waals surface area contributed by atoms with Gasteiger partial charge in [-0.1, -0.05) is 103 Å². The van der Waals surface area contributed by atoms with Crippen molar-refractivity contribution in [2.75, 3.05) is 0 Å². The fourth-order valence-corrected chi connectivity index (χ4v) is 6.76. The van der Waals surface area contributed by atoms with Gasteiger partial charge in [-0.2, -0.15) is 27.8 Å². The average molecular weight is 766 g/mol. The third-order valence-corrected chi connectivity index (χ3v) is 10.1. The van der Waals surface area contributed by atoms with Gasteiger partial charge in [0.25, 0.3) is 0 Å². The smallest absolute Gasteiger partial charge is 0.461 e. The SMILES string of the molecule is CC(C)(C)[S+]([O-])N[C@](CC(N=NC(c1ccccc1)(c1ccccc1)c1ccccc1)=NN)(c1ccc(F)cc1)c1cc(F)cc(OC(F)(F)C(F)F)c1. The number of hydrogen-bond donors (Lipinski definition) is 2. The Kier molecular flexibility index (Phi) is 12.2. The molecule has 0 aliphatic carbocycles. The summed E-state index contributed by atoms with van der Waals surface area (Å²) in [6, 6.07) is 34.9. The highest BCUT2D eigenvalue weighted by Crippen LogP contribution is 2.43. The number of alkyl halides is 4. The summed E-state index contributed by atoms with van der Waals surface area (Å²) >= 11 is -2.02. The van der Waals surface area contributed by atoms with Crippen molar-refractivity contribution in [3.05, 3.63) is 173 Å². The molecule has 0 saturated heterocycles. The van der Waals surface area contributed by atoms with Gasteiger partial charge in [0.1, 0.15) is 27.7 Å². The molecule has 5 aromatic rings. The van der Waals surface area contributed by atoms with Crippen LogP contribution in [-0.4, -0.2) is 27.7 Å². The summed E-state index contributed by atoms with van der Waals surface area (Å²) in [5.74, 6) is 2.99. The fourth-order valence-electron chi connectivity index (χ4n) is 5.83. The van der Waals surface area contributed by atoms with Crippen molar-refractivity contribution in [3.63, 3.8) is 0 Å². The third kappa shape index (κ3) is 8.78. The Balaban J connectivity index is 1.76. The number of nitrogens with one attached hydrogen (secondary N) is 1. The molecule has 0 saturated carbocycles. The number of hydrogen-bond acceptors (Lipinski definition) is 6. The van der Waals surface area contributed by atoms with Crippen molar-refractivity contribution in [2.45, 2.75) is 55.6 Å². The molecule has 3 N–H and O–H groups in total. The molecule has 0 aliphatic heterocycles. The second-order valence-corrected chi connectivity index (χ2v) is 15.2. The second-order valence-electron chi connectivity index (χ2n) is 13.3. The number of nitrogens with two attached hydrogens (primary N) is 1. The molecule has 2 atom stereocenters. The molecular formula is C40H37F6N5O2S. The molecule has 5 rings (SSSR count). The van der Waals surface area contributed by atoms with Crippen LogP contribution in [0.3, 0.4) is 0 Å². The number of benzene rings is 5. The van der Waals surface area contributed by atoms with E-state index in [1.165, 1.54) is 12.1 Å². The van der Waals surface area contributed by atoms with Crippen LogP contribution in [0, 0.1) is 11.6 Å². The van der Waals surface area contributed by atoms with Crippen LogP contribution in [0.2, 0.25) is 0 Å². The molecule has 0 radical (unpaired) electrons. The predicted octanol–water partition coefficient (Wildman–Crippen LogP) is 9.60. The van der Waals surface area contributed by atoms with Crippen molar-refractivity contribution in [3.8, 4) is 5.75 Å². The van der Waals surface area contributed by atoms with Crippen LogP contribution in [0.25, 0.3) is 0 Å². The van der Waals surface area contributed by atoms with Crippen LogP contribution < -0.4 is 15.3 Å². The molecule has 54 heavy (non-hydrogen) atoms. The van der Waals surface area contributed by atoms with Gasteiger partial charge in [0.2, 0.25) is 0 Å². The summed E-state index contributed by atoms with van der Waals surface area (Å²) in [5, 5.41) is 13.4. The number of nitrogens with zero attached hydrogens (tertiary/aromatic N) is 3. The van der Waals surface area contributed by atoms with Crippen molar-refractivity contribution < 1.29 is 35.6 Å². The molecule has 0 aliphatic rings. The molecule has 14 heteroatoms. The second kappa shape index (κ2) is 16.5. The monoisotopic (exact) mass is 765 g/mol. The van der Waals surface area contributed by atoms with E-state index in [0.717, 1.165) is 24.3 Å². The molecule has 0 fully saturated rings. The van der Waals surface area contributed by atoms with E-state index < -0.39 is 63.5 Å². The van der Waals surface area contributed by atoms with E-state index in [0.29, 0.717) is 22.8 Å². The number of amidine groups is 1. The van der Waals surface area contributed by atoms with Gasteiger partial charge in [0.15, 0.2) is 11.4 Å². The molecule has 0 spiro atoms. The standard InChI is InChI=1S/C40H37F6N5O2S/c1-37(2,3)54(52)51-38(27-19-21-32(41)22-20-27,31-23-33(42)25-34(24-31)53-40(45,46)36(43)44)26-35(48-47)49-50-39(28-13-7-4-8-14-28,29-15-9-5-10-16-29)30-17-11-6-12-18-30/h4-25,36,51H,26,47H2,1-3H3/t38-,54?/m1/s1. The maximum absolute atomic E-state index is 15.4. The Morgan fingerprint density at radius 1 is 0.722 bits per heavy atom. The van der Waals surface area contributed by atoms with Crippen LogP contribution in [0.15, 0.2) is 149 Å². The summed E-state index contributed by atoms with van der Waals surface area (Å²) in [7, 11) is 0. The normalized spacial score (nSPS) is 14.6. The van der Waals surface area contributed by atoms with Crippen molar-refractivity contribution in [1.29, 1.82) is 0 Å². The van der Waals surface area contributed by atoms with Gasteiger partial charge in [0.05, 0.1) is 0 Å². The summed E-state index contributed by atoms with van der Waals surface area (Å²) in [4.78, 5) is 0. The average Bonchev–Trinajstić information content (AvgIpc) is 3.15. The van der Waals surface area contributed by atoms with Crippen LogP contribution in [0.1, 0.15) is 55.0 Å². The van der Waals surface area contributed by atoms with Crippen LogP contribution >= 0.6 is 0 Å². The highest BCUT2D eigenvalue weighted by molar-refractivity contribution is 7.90. The van der Waals surface area contributed by atoms with Gasteiger partial charge >= 0.3 is 12.5 Å². The molecule has 0 aromatic heterocycles. The lowest BCUT2D eigenvalue weighted by Crippen LogP contribution is -2.53. The lowest BCUT2D eigenvalue weighted by molar-refractivity contribution is -0.253. The Bertz CT molecular complexity index is 1950. The minimum absolute atomic E-state index is 0.135. The zero-order valence-electron chi connectivity index (χ0n) is 29.4. The quantitative estimate of drug-likeness (QED) is 0.0182. The number of halogens is 6. The summed E-state index contributed by atoms with van der Waals surface area (Å²) < 4.78 is 105. The number of azo groups is 1. The van der Waals surface area contributed by atoms with Gasteiger partial charge in [-0.15, -0.1) is 9.84 Å². The molecule has 282 valence electrons. The molecule has 1 unspecified atom stereocenters. The molecule has 0 bridgehead atoms. The molecule has 5 aromatic carbocycles. The lowest BCUT2D eigenvalue weighted by atomic mass is 9.78. The Morgan fingerprint density at radius 2 is 1.22 bits per heavy atom. The van der Waals surface area contributed by atoms with E-state index in [4.69, 9.17) is 11.0 Å². The molecule has 0 amide bonds. The molecule has 7 nitrogen and oxygen atoms in total. The number of ether oxygens (including phenoxy) is 1. The maximum Gasteiger partial charge on any atom is 0.461 e. The van der Waals surface area contributed by atoms with E-state index >= 15 is 4.39 Å². The van der Waals surface area contributed by atoms with Gasteiger partial charge in [-0.05, 0) is 72.9 Å². The van der Waals surface area contributed by atoms with Gasteiger partial charge < -0.3 is 15.1 Å². The molecule has 0 heterocycles. The Labute approximate surface area is 312 Å². The van der Waals surface area contributed by atoms with Gasteiger partial charge in [-0.3, -0.25) is 0 Å². The zero-order valence-corrected chi connectivity index (χ0v) is 30.2. The minimum atomic E-state index is -4.99. The van der Waals surface area contributed by atoms with E-state index in [-0.39, 0.29) is 17.0 Å². The highest BCUT2D eigenvalue weighted by atomic mass is 32.2. The van der Waals surface area contributed by atoms with Crippen molar-refractivity contribution in [1.82, 2.24) is 4.72 Å². The van der Waals surface area contributed by atoms with Gasteiger partial charge in [-0.25, -0.2) is 8.78 Å². The first-order chi connectivity index (χ1) is 25.6. The predicted molar refractivity (Wildman–Crippen MR) is 196 cm³/mol. The first-order valence-corrected chi connectivity index (χ1v) is 17.7. The Morgan fingerprint density at radius 3 is 1.67 bits per heavy atom. The minimum Gasteiger partial charge on any atom is -0.598 e. The van der Waals surface area contributed by atoms with E-state index in [2.05, 4.69) is 19.7 Å². The van der Waals surface area contributed by atoms with Crippen LogP contribution in [0.5, 0.6) is 5.75 Å². The lowest BCUT2D eigenvalue weighted by Gasteiger charge is -2.38. The van der Waals surface area contributed by atoms with Crippen molar-refractivity contribution >= 4 is 17.2 Å². The number of rotatable bonds is 13. The van der Waals surface area contributed by atoms with E-state index in [9.17, 15) is 26.5 Å². The summed E-state index contributed by atoms with van der Waals surface area (Å²) in [6.07, 6.45) is -9.73. The fraction of sp³-hybridized carbons (Fsp3) is 0.225. The largest absolute Gasteiger partial charge is 0.598 e. The Hall–Kier alpha value is -5.18. The van der Waals surface area contributed by atoms with Crippen LogP contribution in [0.4, 0.5) is 26.3 Å². The zero-order chi connectivity index (χ0) is 39.1. The maximum atomic E-state index is 15.4. The first-order valence-electron chi connectivity index (χ1n) is 16.6. The van der Waals surface area contributed by atoms with E-state index in [1.54, 1.807) is 20.8 Å². The topological polar surface area (TPSA) is 107 Å². The summed E-state index contributed by atoms with van der Waals surface area (Å²) in [5.41, 5.74) is -1.21.